The number of nitrogens with one attached hydrogen (secondary N) is 1. The fourth-order valence-electron chi connectivity index (χ4n) is 3.16. The van der Waals surface area contributed by atoms with Crippen LogP contribution in [0.3, 0.4) is 0 Å². The van der Waals surface area contributed by atoms with Gasteiger partial charge in [0, 0.05) is 23.5 Å². The van der Waals surface area contributed by atoms with Crippen LogP contribution >= 0.6 is 0 Å². The lowest BCUT2D eigenvalue weighted by atomic mass is 9.90. The normalized spacial score (nSPS) is 12.1. The Morgan fingerprint density at radius 1 is 1.00 bits per heavy atom. The molecule has 0 unspecified atom stereocenters. The van der Waals surface area contributed by atoms with E-state index < -0.39 is 0 Å². The van der Waals surface area contributed by atoms with Gasteiger partial charge in [0.15, 0.2) is 11.5 Å². The Morgan fingerprint density at radius 2 is 1.85 bits per heavy atom. The molecule has 1 aliphatic carbocycles. The zero-order valence-electron chi connectivity index (χ0n) is 14.6. The number of nitrogens with zero attached hydrogens (tertiary/aromatic N) is 2. The van der Waals surface area contributed by atoms with Gasteiger partial charge in [-0.05, 0) is 48.2 Å². The number of aromatic nitrogens is 2. The predicted molar refractivity (Wildman–Crippen MR) is 99.4 cm³/mol. The number of hydrogen-bond donors (Lipinski definition) is 2. The fourth-order valence-corrected chi connectivity index (χ4v) is 3.16. The minimum Gasteiger partial charge on any atom is -0.504 e. The van der Waals surface area contributed by atoms with E-state index in [0.29, 0.717) is 11.7 Å². The van der Waals surface area contributed by atoms with Crippen LogP contribution in [0, 0.1) is 0 Å². The summed E-state index contributed by atoms with van der Waals surface area (Å²) in [5, 5.41) is 12.9. The van der Waals surface area contributed by atoms with E-state index in [4.69, 9.17) is 14.5 Å². The molecule has 0 atom stereocenters. The van der Waals surface area contributed by atoms with Gasteiger partial charge in [0.25, 0.3) is 0 Å². The molecule has 26 heavy (non-hydrogen) atoms. The van der Waals surface area contributed by atoms with Gasteiger partial charge >= 0.3 is 0 Å². The SMILES string of the molecule is COc1ccc2c(c1)-c1nc(Nc3ccc(O)c(OC)c3)ncc1CC2. The number of phenolic OH excluding ortho intramolecular Hbond substituents is 1. The molecule has 0 spiro atoms. The van der Waals surface area contributed by atoms with E-state index in [0.717, 1.165) is 41.1 Å². The molecule has 6 heteroatoms. The lowest BCUT2D eigenvalue weighted by Gasteiger charge is -2.20. The second-order valence-electron chi connectivity index (χ2n) is 6.10. The summed E-state index contributed by atoms with van der Waals surface area (Å²) in [4.78, 5) is 9.15. The molecule has 0 saturated heterocycles. The van der Waals surface area contributed by atoms with Crippen LogP contribution in [-0.2, 0) is 12.8 Å². The second kappa shape index (κ2) is 6.55. The van der Waals surface area contributed by atoms with Gasteiger partial charge in [-0.15, -0.1) is 0 Å². The van der Waals surface area contributed by atoms with Crippen molar-refractivity contribution >= 4 is 11.6 Å². The number of anilines is 2. The van der Waals surface area contributed by atoms with Gasteiger partial charge in [-0.25, -0.2) is 9.97 Å². The van der Waals surface area contributed by atoms with Crippen molar-refractivity contribution in [2.45, 2.75) is 12.8 Å². The summed E-state index contributed by atoms with van der Waals surface area (Å²) in [5.41, 5.74) is 5.13. The van der Waals surface area contributed by atoms with Crippen molar-refractivity contribution in [3.8, 4) is 28.5 Å². The number of hydrogen-bond acceptors (Lipinski definition) is 6. The number of benzene rings is 2. The van der Waals surface area contributed by atoms with Gasteiger partial charge in [0.2, 0.25) is 5.95 Å². The molecule has 6 nitrogen and oxygen atoms in total. The first-order valence-corrected chi connectivity index (χ1v) is 8.35. The summed E-state index contributed by atoms with van der Waals surface area (Å²) in [6, 6.07) is 11.1. The van der Waals surface area contributed by atoms with Crippen molar-refractivity contribution in [2.24, 2.45) is 0 Å². The first-order chi connectivity index (χ1) is 12.7. The van der Waals surface area contributed by atoms with E-state index >= 15 is 0 Å². The summed E-state index contributed by atoms with van der Waals surface area (Å²) in [7, 11) is 3.18. The summed E-state index contributed by atoms with van der Waals surface area (Å²) >= 11 is 0. The van der Waals surface area contributed by atoms with Gasteiger partial charge in [0.05, 0.1) is 19.9 Å². The molecule has 1 aromatic heterocycles. The highest BCUT2D eigenvalue weighted by atomic mass is 16.5. The first kappa shape index (κ1) is 16.2. The highest BCUT2D eigenvalue weighted by Crippen LogP contribution is 2.35. The van der Waals surface area contributed by atoms with Crippen LogP contribution in [0.2, 0.25) is 0 Å². The number of fused-ring (bicyclic) bond motifs is 3. The Morgan fingerprint density at radius 3 is 2.65 bits per heavy atom. The van der Waals surface area contributed by atoms with E-state index in [1.54, 1.807) is 25.3 Å². The molecule has 0 saturated carbocycles. The monoisotopic (exact) mass is 349 g/mol. The largest absolute Gasteiger partial charge is 0.504 e. The summed E-state index contributed by atoms with van der Waals surface area (Å²) in [6.45, 7) is 0. The average molecular weight is 349 g/mol. The Kier molecular flexibility index (Phi) is 4.08. The third-order valence-corrected chi connectivity index (χ3v) is 4.54. The van der Waals surface area contributed by atoms with Crippen molar-refractivity contribution in [3.05, 3.63) is 53.7 Å². The minimum atomic E-state index is 0.0884. The van der Waals surface area contributed by atoms with Crippen molar-refractivity contribution in [2.75, 3.05) is 19.5 Å². The van der Waals surface area contributed by atoms with Crippen molar-refractivity contribution < 1.29 is 14.6 Å². The van der Waals surface area contributed by atoms with Crippen LogP contribution in [0.5, 0.6) is 17.2 Å². The van der Waals surface area contributed by atoms with E-state index in [-0.39, 0.29) is 5.75 Å². The Hall–Kier alpha value is -3.28. The molecule has 1 heterocycles. The number of aromatic hydroxyl groups is 1. The van der Waals surface area contributed by atoms with Gasteiger partial charge in [-0.3, -0.25) is 0 Å². The van der Waals surface area contributed by atoms with Crippen LogP contribution in [0.1, 0.15) is 11.1 Å². The molecule has 1 aliphatic rings. The number of ether oxygens (including phenoxy) is 2. The third kappa shape index (κ3) is 2.90. The molecule has 2 aromatic carbocycles. The molecule has 132 valence electrons. The average Bonchev–Trinajstić information content (AvgIpc) is 2.68. The Balaban J connectivity index is 1.70. The smallest absolute Gasteiger partial charge is 0.227 e. The molecular formula is C20H19N3O3. The topological polar surface area (TPSA) is 76.5 Å². The summed E-state index contributed by atoms with van der Waals surface area (Å²) in [6.07, 6.45) is 3.75. The van der Waals surface area contributed by atoms with E-state index in [1.165, 1.54) is 12.7 Å². The molecule has 3 aromatic rings. The maximum absolute atomic E-state index is 9.72. The predicted octanol–water partition coefficient (Wildman–Crippen LogP) is 3.71. The first-order valence-electron chi connectivity index (χ1n) is 8.35. The van der Waals surface area contributed by atoms with Crippen LogP contribution < -0.4 is 14.8 Å². The zero-order valence-corrected chi connectivity index (χ0v) is 14.6. The molecule has 0 radical (unpaired) electrons. The van der Waals surface area contributed by atoms with Crippen molar-refractivity contribution in [1.29, 1.82) is 0 Å². The fraction of sp³-hybridized carbons (Fsp3) is 0.200. The summed E-state index contributed by atoms with van der Waals surface area (Å²) < 4.78 is 10.5. The lowest BCUT2D eigenvalue weighted by Crippen LogP contribution is -2.09. The number of rotatable bonds is 4. The molecule has 2 N–H and O–H groups in total. The van der Waals surface area contributed by atoms with E-state index in [9.17, 15) is 5.11 Å². The minimum absolute atomic E-state index is 0.0884. The van der Waals surface area contributed by atoms with Gasteiger partial charge in [-0.2, -0.15) is 0 Å². The number of phenols is 1. The van der Waals surface area contributed by atoms with Gasteiger partial charge in [0.1, 0.15) is 5.75 Å². The van der Waals surface area contributed by atoms with Crippen LogP contribution in [0.15, 0.2) is 42.6 Å². The molecule has 0 amide bonds. The van der Waals surface area contributed by atoms with Crippen LogP contribution in [0.25, 0.3) is 11.3 Å². The number of aryl methyl sites for hydroxylation is 2. The van der Waals surface area contributed by atoms with E-state index in [1.807, 2.05) is 18.3 Å². The van der Waals surface area contributed by atoms with Crippen molar-refractivity contribution in [3.63, 3.8) is 0 Å². The molecule has 0 aliphatic heterocycles. The standard InChI is InChI=1S/C20H19N3O3/c1-25-15-7-5-12-3-4-13-11-21-20(23-19(13)16(12)10-15)22-14-6-8-17(24)18(9-14)26-2/h5-11,24H,3-4H2,1-2H3,(H,21,22,23). The molecule has 0 fully saturated rings. The maximum atomic E-state index is 9.72. The second-order valence-corrected chi connectivity index (χ2v) is 6.10. The molecule has 0 bridgehead atoms. The van der Waals surface area contributed by atoms with Gasteiger partial charge in [-0.1, -0.05) is 6.07 Å². The maximum Gasteiger partial charge on any atom is 0.227 e. The van der Waals surface area contributed by atoms with E-state index in [2.05, 4.69) is 16.4 Å². The third-order valence-electron chi connectivity index (χ3n) is 4.54. The Labute approximate surface area is 151 Å². The lowest BCUT2D eigenvalue weighted by molar-refractivity contribution is 0.374. The summed E-state index contributed by atoms with van der Waals surface area (Å²) in [5.74, 6) is 1.79. The quantitative estimate of drug-likeness (QED) is 0.699. The number of methoxy groups -OCH3 is 2. The van der Waals surface area contributed by atoms with Crippen LogP contribution in [0.4, 0.5) is 11.6 Å². The van der Waals surface area contributed by atoms with Crippen molar-refractivity contribution in [1.82, 2.24) is 9.97 Å². The van der Waals surface area contributed by atoms with Crippen LogP contribution in [-0.4, -0.2) is 29.3 Å². The molecular weight excluding hydrogens is 330 g/mol. The van der Waals surface area contributed by atoms with Gasteiger partial charge < -0.3 is 19.9 Å². The molecule has 4 rings (SSSR count). The Bertz CT molecular complexity index is 973. The highest BCUT2D eigenvalue weighted by molar-refractivity contribution is 5.72. The zero-order chi connectivity index (χ0) is 18.1. The highest BCUT2D eigenvalue weighted by Gasteiger charge is 2.19.